The first-order valence-corrected chi connectivity index (χ1v) is 4.75. The van der Waals surface area contributed by atoms with E-state index in [1.54, 1.807) is 0 Å². The van der Waals surface area contributed by atoms with Gasteiger partial charge in [-0.15, -0.1) is 0 Å². The molecule has 0 aliphatic heterocycles. The number of carbonyl (C=O) groups is 1. The highest BCUT2D eigenvalue weighted by Gasteiger charge is 2.11. The molecular formula is C10H13ClN2O2. The summed E-state index contributed by atoms with van der Waals surface area (Å²) >= 11 is 5.95. The number of carboxylic acids is 1. The lowest BCUT2D eigenvalue weighted by atomic mass is 10.1. The summed E-state index contributed by atoms with van der Waals surface area (Å²) in [6, 6.07) is 2.84. The van der Waals surface area contributed by atoms with E-state index in [0.29, 0.717) is 17.3 Å². The molecule has 4 nitrogen and oxygen atoms in total. The van der Waals surface area contributed by atoms with Crippen LogP contribution in [0.2, 0.25) is 5.02 Å². The highest BCUT2D eigenvalue weighted by atomic mass is 35.5. The largest absolute Gasteiger partial charge is 0.478 e. The molecule has 0 aliphatic carbocycles. The molecule has 3 N–H and O–H groups in total. The lowest BCUT2D eigenvalue weighted by Crippen LogP contribution is -2.13. The molecule has 0 radical (unpaired) electrons. The minimum absolute atomic E-state index is 0.111. The lowest BCUT2D eigenvalue weighted by molar-refractivity contribution is 0.0697. The minimum Gasteiger partial charge on any atom is -0.478 e. The van der Waals surface area contributed by atoms with Crippen LogP contribution in [0.3, 0.4) is 0 Å². The number of hydrogen-bond acceptors (Lipinski definition) is 3. The van der Waals surface area contributed by atoms with Gasteiger partial charge in [-0.1, -0.05) is 11.6 Å². The molecule has 0 aromatic heterocycles. The number of nitrogens with two attached hydrogens (primary N) is 1. The molecule has 0 aliphatic rings. The van der Waals surface area contributed by atoms with Gasteiger partial charge in [-0.2, -0.15) is 0 Å². The van der Waals surface area contributed by atoms with Crippen LogP contribution >= 0.6 is 11.6 Å². The summed E-state index contributed by atoms with van der Waals surface area (Å²) in [4.78, 5) is 12.6. The number of hydrogen-bond donors (Lipinski definition) is 2. The third kappa shape index (κ3) is 2.84. The van der Waals surface area contributed by atoms with Crippen molar-refractivity contribution in [1.82, 2.24) is 4.90 Å². The van der Waals surface area contributed by atoms with Crippen molar-refractivity contribution >= 4 is 23.3 Å². The number of anilines is 1. The summed E-state index contributed by atoms with van der Waals surface area (Å²) in [6.07, 6.45) is 0. The first kappa shape index (κ1) is 11.8. The monoisotopic (exact) mass is 228 g/mol. The number of carboxylic acid groups (broad SMARTS) is 1. The fourth-order valence-corrected chi connectivity index (χ4v) is 1.55. The molecule has 0 saturated carbocycles. The molecule has 0 spiro atoms. The Bertz CT molecular complexity index is 368. The second-order valence-corrected chi connectivity index (χ2v) is 3.98. The van der Waals surface area contributed by atoms with Crippen molar-refractivity contribution in [3.63, 3.8) is 0 Å². The molecular weight excluding hydrogens is 216 g/mol. The van der Waals surface area contributed by atoms with Crippen LogP contribution in [0.1, 0.15) is 15.9 Å². The zero-order chi connectivity index (χ0) is 11.6. The predicted octanol–water partition coefficient (Wildman–Crippen LogP) is 1.68. The first-order chi connectivity index (χ1) is 6.91. The number of benzene rings is 1. The Morgan fingerprint density at radius 1 is 1.53 bits per heavy atom. The van der Waals surface area contributed by atoms with Gasteiger partial charge in [0.15, 0.2) is 0 Å². The Morgan fingerprint density at radius 3 is 2.53 bits per heavy atom. The number of rotatable bonds is 3. The van der Waals surface area contributed by atoms with Gasteiger partial charge in [-0.25, -0.2) is 4.79 Å². The van der Waals surface area contributed by atoms with Crippen molar-refractivity contribution in [2.24, 2.45) is 0 Å². The average Bonchev–Trinajstić information content (AvgIpc) is 2.10. The van der Waals surface area contributed by atoms with E-state index >= 15 is 0 Å². The Morgan fingerprint density at radius 2 is 2.13 bits per heavy atom. The highest BCUT2D eigenvalue weighted by molar-refractivity contribution is 6.32. The average molecular weight is 229 g/mol. The van der Waals surface area contributed by atoms with Crippen molar-refractivity contribution in [1.29, 1.82) is 0 Å². The Labute approximate surface area is 93.2 Å². The van der Waals surface area contributed by atoms with Crippen LogP contribution in [0.15, 0.2) is 12.1 Å². The van der Waals surface area contributed by atoms with Gasteiger partial charge in [0.05, 0.1) is 5.56 Å². The van der Waals surface area contributed by atoms with E-state index in [1.165, 1.54) is 12.1 Å². The second-order valence-electron chi connectivity index (χ2n) is 3.57. The molecule has 82 valence electrons. The molecule has 0 fully saturated rings. The normalized spacial score (nSPS) is 10.7. The molecule has 0 heterocycles. The molecule has 15 heavy (non-hydrogen) atoms. The molecule has 0 unspecified atom stereocenters. The van der Waals surface area contributed by atoms with Crippen molar-refractivity contribution in [2.75, 3.05) is 19.8 Å². The molecule has 0 bridgehead atoms. The van der Waals surface area contributed by atoms with Crippen LogP contribution < -0.4 is 5.73 Å². The van der Waals surface area contributed by atoms with E-state index < -0.39 is 5.97 Å². The van der Waals surface area contributed by atoms with E-state index in [4.69, 9.17) is 22.4 Å². The Kier molecular flexibility index (Phi) is 3.55. The van der Waals surface area contributed by atoms with Gasteiger partial charge < -0.3 is 15.7 Å². The molecule has 5 heteroatoms. The Hall–Kier alpha value is -1.26. The maximum atomic E-state index is 10.7. The lowest BCUT2D eigenvalue weighted by Gasteiger charge is -2.14. The van der Waals surface area contributed by atoms with Crippen LogP contribution in [0.4, 0.5) is 5.69 Å². The highest BCUT2D eigenvalue weighted by Crippen LogP contribution is 2.25. The third-order valence-electron chi connectivity index (χ3n) is 1.95. The van der Waals surface area contributed by atoms with Crippen LogP contribution in [0.5, 0.6) is 0 Å². The summed E-state index contributed by atoms with van der Waals surface area (Å²) in [5, 5.41) is 9.17. The Balaban J connectivity index is 3.15. The number of aromatic carboxylic acids is 1. The summed E-state index contributed by atoms with van der Waals surface area (Å²) in [5.74, 6) is -1.03. The van der Waals surface area contributed by atoms with Crippen LogP contribution in [-0.4, -0.2) is 30.1 Å². The van der Waals surface area contributed by atoms with E-state index in [-0.39, 0.29) is 5.56 Å². The van der Waals surface area contributed by atoms with Crippen molar-refractivity contribution in [3.05, 3.63) is 28.3 Å². The quantitative estimate of drug-likeness (QED) is 0.773. The van der Waals surface area contributed by atoms with Gasteiger partial charge in [0, 0.05) is 22.8 Å². The first-order valence-electron chi connectivity index (χ1n) is 4.37. The summed E-state index contributed by atoms with van der Waals surface area (Å²) in [5.41, 5.74) is 7.01. The molecule has 1 aromatic rings. The van der Waals surface area contributed by atoms with Crippen LogP contribution in [0.25, 0.3) is 0 Å². The molecule has 1 rings (SSSR count). The zero-order valence-electron chi connectivity index (χ0n) is 8.62. The second kappa shape index (κ2) is 4.51. The van der Waals surface area contributed by atoms with E-state index in [9.17, 15) is 4.79 Å². The topological polar surface area (TPSA) is 66.6 Å². The summed E-state index contributed by atoms with van der Waals surface area (Å²) in [7, 11) is 3.78. The number of nitrogen functional groups attached to an aromatic ring is 1. The van der Waals surface area contributed by atoms with Gasteiger partial charge >= 0.3 is 5.97 Å². The summed E-state index contributed by atoms with van der Waals surface area (Å²) < 4.78 is 0. The van der Waals surface area contributed by atoms with E-state index in [2.05, 4.69) is 0 Å². The van der Waals surface area contributed by atoms with Crippen molar-refractivity contribution in [2.45, 2.75) is 6.54 Å². The zero-order valence-corrected chi connectivity index (χ0v) is 9.38. The van der Waals surface area contributed by atoms with E-state index in [0.717, 1.165) is 5.56 Å². The van der Waals surface area contributed by atoms with Crippen molar-refractivity contribution in [3.8, 4) is 0 Å². The minimum atomic E-state index is -1.03. The fourth-order valence-electron chi connectivity index (χ4n) is 1.26. The maximum Gasteiger partial charge on any atom is 0.335 e. The van der Waals surface area contributed by atoms with Gasteiger partial charge in [0.1, 0.15) is 0 Å². The molecule has 0 atom stereocenters. The predicted molar refractivity (Wildman–Crippen MR) is 60.2 cm³/mol. The van der Waals surface area contributed by atoms with Gasteiger partial charge in [-0.3, -0.25) is 0 Å². The maximum absolute atomic E-state index is 10.7. The third-order valence-corrected chi connectivity index (χ3v) is 2.29. The fraction of sp³-hybridized carbons (Fsp3) is 0.300. The number of halogens is 1. The summed E-state index contributed by atoms with van der Waals surface area (Å²) in [6.45, 7) is 0.588. The SMILES string of the molecule is CN(C)Cc1c(N)cc(C(=O)O)cc1Cl. The standard InChI is InChI=1S/C10H13ClN2O2/c1-13(2)5-7-8(11)3-6(10(14)15)4-9(7)12/h3-4H,5,12H2,1-2H3,(H,14,15). The van der Waals surface area contributed by atoms with Gasteiger partial charge in [0.2, 0.25) is 0 Å². The van der Waals surface area contributed by atoms with Crippen molar-refractivity contribution < 1.29 is 9.90 Å². The van der Waals surface area contributed by atoms with Crippen LogP contribution in [0, 0.1) is 0 Å². The van der Waals surface area contributed by atoms with Gasteiger partial charge in [0.25, 0.3) is 0 Å². The van der Waals surface area contributed by atoms with Crippen LogP contribution in [-0.2, 0) is 6.54 Å². The van der Waals surface area contributed by atoms with E-state index in [1.807, 2.05) is 19.0 Å². The molecule has 0 amide bonds. The number of nitrogens with zero attached hydrogens (tertiary/aromatic N) is 1. The van der Waals surface area contributed by atoms with Gasteiger partial charge in [-0.05, 0) is 26.2 Å². The smallest absolute Gasteiger partial charge is 0.335 e. The molecule has 1 aromatic carbocycles. The molecule has 0 saturated heterocycles.